The molecule has 0 fully saturated rings. The van der Waals surface area contributed by atoms with Crippen molar-refractivity contribution in [2.45, 2.75) is 13.3 Å². The molecule has 1 amide bonds. The summed E-state index contributed by atoms with van der Waals surface area (Å²) in [5, 5.41) is 10.5. The summed E-state index contributed by atoms with van der Waals surface area (Å²) < 4.78 is 0. The van der Waals surface area contributed by atoms with Gasteiger partial charge in [0.2, 0.25) is 0 Å². The van der Waals surface area contributed by atoms with Gasteiger partial charge in [-0.2, -0.15) is 5.26 Å². The van der Waals surface area contributed by atoms with Gasteiger partial charge in [0.1, 0.15) is 0 Å². The van der Waals surface area contributed by atoms with Crippen molar-refractivity contribution in [3.8, 4) is 17.2 Å². The lowest BCUT2D eigenvalue weighted by Crippen LogP contribution is -2.27. The summed E-state index contributed by atoms with van der Waals surface area (Å²) in [7, 11) is 1.73. The van der Waals surface area contributed by atoms with E-state index >= 15 is 0 Å². The molecule has 0 saturated heterocycles. The van der Waals surface area contributed by atoms with Crippen LogP contribution >= 0.6 is 11.3 Å². The van der Waals surface area contributed by atoms with E-state index in [2.05, 4.69) is 6.07 Å². The summed E-state index contributed by atoms with van der Waals surface area (Å²) in [5.74, 6) is -0.0224. The largest absolute Gasteiger partial charge is 0.340 e. The van der Waals surface area contributed by atoms with Gasteiger partial charge in [0.25, 0.3) is 5.91 Å². The SMILES string of the molecule is Cc1ccc(-c2ccsc2C(=O)N(C)CCC#N)cc1. The third kappa shape index (κ3) is 3.06. The minimum atomic E-state index is -0.0224. The van der Waals surface area contributed by atoms with Gasteiger partial charge >= 0.3 is 0 Å². The standard InChI is InChI=1S/C16H16N2OS/c1-12-4-6-13(7-5-12)14-8-11-20-15(14)16(19)18(2)10-3-9-17/h4-8,11H,3,10H2,1-2H3. The fraction of sp³-hybridized carbons (Fsp3) is 0.250. The van der Waals surface area contributed by atoms with E-state index in [0.29, 0.717) is 13.0 Å². The minimum absolute atomic E-state index is 0.0224. The molecular weight excluding hydrogens is 268 g/mol. The van der Waals surface area contributed by atoms with E-state index in [0.717, 1.165) is 16.0 Å². The van der Waals surface area contributed by atoms with Crippen LogP contribution in [0.15, 0.2) is 35.7 Å². The first kappa shape index (κ1) is 14.3. The van der Waals surface area contributed by atoms with E-state index in [1.54, 1.807) is 11.9 Å². The minimum Gasteiger partial charge on any atom is -0.340 e. The number of nitrogens with zero attached hydrogens (tertiary/aromatic N) is 2. The van der Waals surface area contributed by atoms with Crippen LogP contribution in [0.5, 0.6) is 0 Å². The molecule has 2 aromatic rings. The van der Waals surface area contributed by atoms with Crippen LogP contribution in [-0.4, -0.2) is 24.4 Å². The number of carbonyl (C=O) groups is 1. The van der Waals surface area contributed by atoms with Crippen LogP contribution in [0.25, 0.3) is 11.1 Å². The second kappa shape index (κ2) is 6.36. The van der Waals surface area contributed by atoms with Crippen molar-refractivity contribution in [2.75, 3.05) is 13.6 Å². The topological polar surface area (TPSA) is 44.1 Å². The summed E-state index contributed by atoms with van der Waals surface area (Å²) in [6, 6.07) is 12.2. The molecule has 3 nitrogen and oxygen atoms in total. The van der Waals surface area contributed by atoms with Gasteiger partial charge in [0, 0.05) is 19.2 Å². The smallest absolute Gasteiger partial charge is 0.264 e. The lowest BCUT2D eigenvalue weighted by atomic mass is 10.0. The zero-order chi connectivity index (χ0) is 14.5. The molecule has 0 radical (unpaired) electrons. The lowest BCUT2D eigenvalue weighted by Gasteiger charge is -2.15. The predicted molar refractivity (Wildman–Crippen MR) is 81.7 cm³/mol. The third-order valence-corrected chi connectivity index (χ3v) is 4.03. The number of hydrogen-bond acceptors (Lipinski definition) is 3. The van der Waals surface area contributed by atoms with E-state index < -0.39 is 0 Å². The van der Waals surface area contributed by atoms with E-state index in [4.69, 9.17) is 5.26 Å². The summed E-state index contributed by atoms with van der Waals surface area (Å²) in [6.45, 7) is 2.50. The molecule has 4 heteroatoms. The monoisotopic (exact) mass is 284 g/mol. The highest BCUT2D eigenvalue weighted by Gasteiger charge is 2.17. The average molecular weight is 284 g/mol. The van der Waals surface area contributed by atoms with Gasteiger partial charge in [-0.15, -0.1) is 11.3 Å². The van der Waals surface area contributed by atoms with Crippen LogP contribution in [-0.2, 0) is 0 Å². The highest BCUT2D eigenvalue weighted by Crippen LogP contribution is 2.29. The Bertz CT molecular complexity index is 637. The van der Waals surface area contributed by atoms with Crippen molar-refractivity contribution < 1.29 is 4.79 Å². The molecule has 2 rings (SSSR count). The Morgan fingerprint density at radius 3 is 2.65 bits per heavy atom. The second-order valence-corrected chi connectivity index (χ2v) is 5.58. The molecule has 0 N–H and O–H groups in total. The second-order valence-electron chi connectivity index (χ2n) is 4.66. The molecule has 1 aromatic carbocycles. The zero-order valence-corrected chi connectivity index (χ0v) is 12.4. The maximum atomic E-state index is 12.4. The maximum Gasteiger partial charge on any atom is 0.264 e. The first-order chi connectivity index (χ1) is 9.63. The van der Waals surface area contributed by atoms with Crippen LogP contribution in [0, 0.1) is 18.3 Å². The quantitative estimate of drug-likeness (QED) is 0.859. The number of amides is 1. The Labute approximate surface area is 123 Å². The Kier molecular flexibility index (Phi) is 4.54. The van der Waals surface area contributed by atoms with Crippen LogP contribution in [0.2, 0.25) is 0 Å². The molecule has 0 aliphatic heterocycles. The predicted octanol–water partition coefficient (Wildman–Crippen LogP) is 3.71. The number of hydrogen-bond donors (Lipinski definition) is 0. The van der Waals surface area contributed by atoms with E-state index in [1.165, 1.54) is 16.9 Å². The molecule has 20 heavy (non-hydrogen) atoms. The maximum absolute atomic E-state index is 12.4. The fourth-order valence-corrected chi connectivity index (χ4v) is 2.84. The molecule has 0 aliphatic carbocycles. The molecule has 1 heterocycles. The normalized spacial score (nSPS) is 10.1. The molecule has 1 aromatic heterocycles. The average Bonchev–Trinajstić information content (AvgIpc) is 2.94. The van der Waals surface area contributed by atoms with Crippen LogP contribution in [0.4, 0.5) is 0 Å². The third-order valence-electron chi connectivity index (χ3n) is 3.13. The Morgan fingerprint density at radius 1 is 1.30 bits per heavy atom. The van der Waals surface area contributed by atoms with E-state index in [-0.39, 0.29) is 5.91 Å². The van der Waals surface area contributed by atoms with Crippen molar-refractivity contribution in [3.63, 3.8) is 0 Å². The highest BCUT2D eigenvalue weighted by atomic mass is 32.1. The number of carbonyl (C=O) groups excluding carboxylic acids is 1. The van der Waals surface area contributed by atoms with Crippen molar-refractivity contribution >= 4 is 17.2 Å². The van der Waals surface area contributed by atoms with Crippen molar-refractivity contribution in [1.82, 2.24) is 4.90 Å². The molecule has 0 aliphatic rings. The first-order valence-electron chi connectivity index (χ1n) is 6.40. The number of thiophene rings is 1. The first-order valence-corrected chi connectivity index (χ1v) is 7.28. The molecule has 102 valence electrons. The number of rotatable bonds is 4. The van der Waals surface area contributed by atoms with Crippen molar-refractivity contribution in [1.29, 1.82) is 5.26 Å². The molecule has 0 atom stereocenters. The van der Waals surface area contributed by atoms with Gasteiger partial charge in [-0.1, -0.05) is 29.8 Å². The van der Waals surface area contributed by atoms with Crippen molar-refractivity contribution in [2.24, 2.45) is 0 Å². The zero-order valence-electron chi connectivity index (χ0n) is 11.6. The molecule has 0 unspecified atom stereocenters. The molecule has 0 saturated carbocycles. The summed E-state index contributed by atoms with van der Waals surface area (Å²) in [4.78, 5) is 14.7. The highest BCUT2D eigenvalue weighted by molar-refractivity contribution is 7.12. The fourth-order valence-electron chi connectivity index (χ4n) is 1.93. The lowest BCUT2D eigenvalue weighted by molar-refractivity contribution is 0.0803. The van der Waals surface area contributed by atoms with Gasteiger partial charge < -0.3 is 4.90 Å². The van der Waals surface area contributed by atoms with Gasteiger partial charge in [0.15, 0.2) is 0 Å². The van der Waals surface area contributed by atoms with Gasteiger partial charge in [0.05, 0.1) is 17.4 Å². The Morgan fingerprint density at radius 2 is 2.00 bits per heavy atom. The van der Waals surface area contributed by atoms with Crippen molar-refractivity contribution in [3.05, 3.63) is 46.2 Å². The summed E-state index contributed by atoms with van der Waals surface area (Å²) in [5.41, 5.74) is 3.21. The van der Waals surface area contributed by atoms with Gasteiger partial charge in [-0.25, -0.2) is 0 Å². The van der Waals surface area contributed by atoms with Crippen LogP contribution in [0.1, 0.15) is 21.7 Å². The van der Waals surface area contributed by atoms with Crippen LogP contribution < -0.4 is 0 Å². The number of nitriles is 1. The number of aryl methyl sites for hydroxylation is 1. The molecular formula is C16H16N2OS. The van der Waals surface area contributed by atoms with Crippen LogP contribution in [0.3, 0.4) is 0 Å². The summed E-state index contributed by atoms with van der Waals surface area (Å²) in [6.07, 6.45) is 0.355. The van der Waals surface area contributed by atoms with Gasteiger partial charge in [-0.05, 0) is 23.9 Å². The Balaban J connectivity index is 2.27. The van der Waals surface area contributed by atoms with E-state index in [9.17, 15) is 4.79 Å². The van der Waals surface area contributed by atoms with E-state index in [1.807, 2.05) is 42.6 Å². The summed E-state index contributed by atoms with van der Waals surface area (Å²) >= 11 is 1.44. The van der Waals surface area contributed by atoms with Gasteiger partial charge in [-0.3, -0.25) is 4.79 Å². The molecule has 0 bridgehead atoms. The molecule has 0 spiro atoms. The number of benzene rings is 1. The Hall–Kier alpha value is -2.12.